The molecule has 110 valence electrons. The zero-order chi connectivity index (χ0) is 15.7. The summed E-state index contributed by atoms with van der Waals surface area (Å²) in [4.78, 5) is 0. The van der Waals surface area contributed by atoms with Gasteiger partial charge < -0.3 is 5.41 Å². The van der Waals surface area contributed by atoms with Gasteiger partial charge in [0.2, 0.25) is 0 Å². The van der Waals surface area contributed by atoms with E-state index in [-0.39, 0.29) is 0 Å². The summed E-state index contributed by atoms with van der Waals surface area (Å²) in [5, 5.41) is 7.68. The van der Waals surface area contributed by atoms with E-state index >= 15 is 0 Å². The summed E-state index contributed by atoms with van der Waals surface area (Å²) in [6, 6.07) is 16.7. The highest BCUT2D eigenvalue weighted by Gasteiger charge is 2.22. The van der Waals surface area contributed by atoms with Crippen LogP contribution < -0.4 is 0 Å². The Labute approximate surface area is 132 Å². The average Bonchev–Trinajstić information content (AvgIpc) is 2.80. The van der Waals surface area contributed by atoms with Crippen LogP contribution in [0, 0.1) is 11.3 Å². The largest absolute Gasteiger partial charge is 0.308 e. The van der Waals surface area contributed by atoms with E-state index in [0.717, 1.165) is 11.1 Å². The van der Waals surface area contributed by atoms with Crippen molar-refractivity contribution in [3.63, 3.8) is 0 Å². The molecule has 1 unspecified atom stereocenters. The number of allylic oxidation sites excluding steroid dienone is 4. The van der Waals surface area contributed by atoms with Crippen molar-refractivity contribution in [2.75, 3.05) is 0 Å². The monoisotopic (exact) mass is 287 g/mol. The normalized spacial score (nSPS) is 17.6. The molecule has 3 rings (SSSR count). The maximum atomic E-state index is 7.68. The molecule has 1 heteroatoms. The standard InChI is InChI=1S/C21H21N/c1-14-12-15(2)21(16(14)3)20-11-7-6-10-19(20)18-9-5-4-8-17(18)13-22/h4-13,15,22H,1-3H3. The molecule has 0 spiro atoms. The Morgan fingerprint density at radius 1 is 0.864 bits per heavy atom. The minimum absolute atomic E-state index is 0.438. The van der Waals surface area contributed by atoms with E-state index in [4.69, 9.17) is 5.41 Å². The van der Waals surface area contributed by atoms with Gasteiger partial charge in [-0.3, -0.25) is 0 Å². The van der Waals surface area contributed by atoms with Crippen molar-refractivity contribution in [1.29, 1.82) is 5.41 Å². The van der Waals surface area contributed by atoms with Gasteiger partial charge in [0, 0.05) is 12.1 Å². The third kappa shape index (κ3) is 2.33. The lowest BCUT2D eigenvalue weighted by Gasteiger charge is -2.17. The molecule has 0 aromatic heterocycles. The van der Waals surface area contributed by atoms with Crippen LogP contribution >= 0.6 is 0 Å². The molecular weight excluding hydrogens is 266 g/mol. The molecule has 0 aliphatic heterocycles. The summed E-state index contributed by atoms with van der Waals surface area (Å²) in [6.07, 6.45) is 3.78. The molecule has 22 heavy (non-hydrogen) atoms. The van der Waals surface area contributed by atoms with Crippen molar-refractivity contribution in [3.05, 3.63) is 76.9 Å². The second-order valence-electron chi connectivity index (χ2n) is 5.95. The Morgan fingerprint density at radius 2 is 1.45 bits per heavy atom. The van der Waals surface area contributed by atoms with E-state index in [1.54, 1.807) is 0 Å². The number of hydrogen-bond donors (Lipinski definition) is 1. The van der Waals surface area contributed by atoms with Gasteiger partial charge in [-0.05, 0) is 47.2 Å². The quantitative estimate of drug-likeness (QED) is 0.698. The minimum atomic E-state index is 0.438. The van der Waals surface area contributed by atoms with Crippen LogP contribution in [-0.4, -0.2) is 6.21 Å². The number of benzene rings is 2. The Kier molecular flexibility index (Phi) is 3.81. The lowest BCUT2D eigenvalue weighted by atomic mass is 9.87. The van der Waals surface area contributed by atoms with Gasteiger partial charge in [-0.1, -0.05) is 67.1 Å². The van der Waals surface area contributed by atoms with Crippen LogP contribution in [0.2, 0.25) is 0 Å². The Hall–Kier alpha value is -2.41. The molecule has 1 aliphatic carbocycles. The maximum Gasteiger partial charge on any atom is 0.0256 e. The Morgan fingerprint density at radius 3 is 2.05 bits per heavy atom. The van der Waals surface area contributed by atoms with Gasteiger partial charge in [0.1, 0.15) is 0 Å². The van der Waals surface area contributed by atoms with Crippen molar-refractivity contribution in [2.45, 2.75) is 20.8 Å². The highest BCUT2D eigenvalue weighted by atomic mass is 14.3. The fraction of sp³-hybridized carbons (Fsp3) is 0.190. The maximum absolute atomic E-state index is 7.68. The predicted octanol–water partition coefficient (Wildman–Crippen LogP) is 5.72. The van der Waals surface area contributed by atoms with Crippen LogP contribution in [0.15, 0.2) is 65.8 Å². The Balaban J connectivity index is 2.23. The molecule has 0 amide bonds. The summed E-state index contributed by atoms with van der Waals surface area (Å²) in [7, 11) is 0. The SMILES string of the molecule is CC1=CC(C)C(c2ccccc2-c2ccccc2C=N)=C1C. The first-order valence-electron chi connectivity index (χ1n) is 7.72. The smallest absolute Gasteiger partial charge is 0.0256 e. The molecule has 0 fully saturated rings. The zero-order valence-corrected chi connectivity index (χ0v) is 13.4. The van der Waals surface area contributed by atoms with Gasteiger partial charge in [0.05, 0.1) is 0 Å². The molecule has 1 N–H and O–H groups in total. The van der Waals surface area contributed by atoms with Gasteiger partial charge in [-0.15, -0.1) is 0 Å². The van der Waals surface area contributed by atoms with E-state index in [9.17, 15) is 0 Å². The van der Waals surface area contributed by atoms with Crippen molar-refractivity contribution in [2.24, 2.45) is 5.92 Å². The van der Waals surface area contributed by atoms with E-state index in [1.807, 2.05) is 18.2 Å². The first-order valence-corrected chi connectivity index (χ1v) is 7.72. The molecule has 0 saturated heterocycles. The van der Waals surface area contributed by atoms with Gasteiger partial charge in [0.15, 0.2) is 0 Å². The summed E-state index contributed by atoms with van der Waals surface area (Å²) in [5.74, 6) is 0.438. The van der Waals surface area contributed by atoms with Gasteiger partial charge in [0.25, 0.3) is 0 Å². The molecule has 1 nitrogen and oxygen atoms in total. The van der Waals surface area contributed by atoms with E-state index in [2.05, 4.69) is 57.2 Å². The molecule has 0 heterocycles. The number of rotatable bonds is 3. The molecule has 0 bridgehead atoms. The van der Waals surface area contributed by atoms with Gasteiger partial charge in [-0.2, -0.15) is 0 Å². The summed E-state index contributed by atoms with van der Waals surface area (Å²) < 4.78 is 0. The molecule has 2 aromatic carbocycles. The van der Waals surface area contributed by atoms with Gasteiger partial charge in [-0.25, -0.2) is 0 Å². The van der Waals surface area contributed by atoms with E-state index in [1.165, 1.54) is 34.1 Å². The molecule has 1 aliphatic rings. The van der Waals surface area contributed by atoms with E-state index in [0.29, 0.717) is 5.92 Å². The predicted molar refractivity (Wildman–Crippen MR) is 95.3 cm³/mol. The molecule has 2 aromatic rings. The fourth-order valence-electron chi connectivity index (χ4n) is 3.41. The third-order valence-corrected chi connectivity index (χ3v) is 4.57. The van der Waals surface area contributed by atoms with Crippen LogP contribution in [0.4, 0.5) is 0 Å². The average molecular weight is 287 g/mol. The van der Waals surface area contributed by atoms with Crippen molar-refractivity contribution >= 4 is 11.8 Å². The fourth-order valence-corrected chi connectivity index (χ4v) is 3.41. The summed E-state index contributed by atoms with van der Waals surface area (Å²) in [6.45, 7) is 6.66. The second-order valence-corrected chi connectivity index (χ2v) is 5.95. The second kappa shape index (κ2) is 5.76. The van der Waals surface area contributed by atoms with Crippen LogP contribution in [0.3, 0.4) is 0 Å². The first-order chi connectivity index (χ1) is 10.6. The third-order valence-electron chi connectivity index (χ3n) is 4.57. The summed E-state index contributed by atoms with van der Waals surface area (Å²) >= 11 is 0. The molecular formula is C21H21N. The van der Waals surface area contributed by atoms with Crippen LogP contribution in [-0.2, 0) is 0 Å². The topological polar surface area (TPSA) is 23.9 Å². The van der Waals surface area contributed by atoms with Crippen molar-refractivity contribution < 1.29 is 0 Å². The lowest BCUT2D eigenvalue weighted by molar-refractivity contribution is 0.976. The molecule has 0 saturated carbocycles. The first kappa shape index (κ1) is 14.5. The molecule has 0 radical (unpaired) electrons. The van der Waals surface area contributed by atoms with E-state index < -0.39 is 0 Å². The lowest BCUT2D eigenvalue weighted by Crippen LogP contribution is -1.98. The zero-order valence-electron chi connectivity index (χ0n) is 13.4. The molecule has 1 atom stereocenters. The van der Waals surface area contributed by atoms with Crippen LogP contribution in [0.25, 0.3) is 16.7 Å². The number of hydrogen-bond acceptors (Lipinski definition) is 1. The highest BCUT2D eigenvalue weighted by molar-refractivity contribution is 5.94. The highest BCUT2D eigenvalue weighted by Crippen LogP contribution is 2.41. The Bertz CT molecular complexity index is 793. The minimum Gasteiger partial charge on any atom is -0.308 e. The van der Waals surface area contributed by atoms with Gasteiger partial charge >= 0.3 is 0 Å². The van der Waals surface area contributed by atoms with Crippen molar-refractivity contribution in [1.82, 2.24) is 0 Å². The van der Waals surface area contributed by atoms with Crippen molar-refractivity contribution in [3.8, 4) is 11.1 Å². The summed E-state index contributed by atoms with van der Waals surface area (Å²) in [5.41, 5.74) is 8.76. The number of nitrogens with one attached hydrogen (secondary N) is 1. The van der Waals surface area contributed by atoms with Crippen LogP contribution in [0.1, 0.15) is 31.9 Å². The van der Waals surface area contributed by atoms with Crippen LogP contribution in [0.5, 0.6) is 0 Å².